The van der Waals surface area contributed by atoms with E-state index in [4.69, 9.17) is 9.47 Å². The van der Waals surface area contributed by atoms with Gasteiger partial charge in [-0.15, -0.1) is 0 Å². The van der Waals surface area contributed by atoms with Gasteiger partial charge in [0.25, 0.3) is 5.91 Å². The fraction of sp³-hybridized carbons (Fsp3) is 0.400. The summed E-state index contributed by atoms with van der Waals surface area (Å²) >= 11 is 0. The third-order valence-electron chi connectivity index (χ3n) is 5.12. The van der Waals surface area contributed by atoms with Gasteiger partial charge in [-0.05, 0) is 36.2 Å². The zero-order chi connectivity index (χ0) is 18.0. The van der Waals surface area contributed by atoms with Crippen LogP contribution in [0.15, 0.2) is 48.8 Å². The van der Waals surface area contributed by atoms with Crippen LogP contribution < -0.4 is 0 Å². The molecule has 0 saturated carbocycles. The highest BCUT2D eigenvalue weighted by Crippen LogP contribution is 2.37. The summed E-state index contributed by atoms with van der Waals surface area (Å²) in [6.45, 7) is 2.09. The van der Waals surface area contributed by atoms with Crippen molar-refractivity contribution in [3.8, 4) is 0 Å². The van der Waals surface area contributed by atoms with E-state index >= 15 is 0 Å². The standard InChI is InChI=1S/C20H21FN2O3/c21-18-4-2-1-3-17(18)19(24)23-10-7-20(14-23)11-16(13-26-20)25-12-15-5-8-22-9-6-15/h1-6,8-9,16H,7,10-14H2/t16-,20+/m1/s1. The van der Waals surface area contributed by atoms with Crippen LogP contribution in [0.25, 0.3) is 0 Å². The number of hydrogen-bond donors (Lipinski definition) is 0. The molecule has 0 radical (unpaired) electrons. The Labute approximate surface area is 151 Å². The summed E-state index contributed by atoms with van der Waals surface area (Å²) in [6, 6.07) is 9.96. The molecule has 2 aliphatic heterocycles. The van der Waals surface area contributed by atoms with E-state index in [0.717, 1.165) is 18.4 Å². The Morgan fingerprint density at radius 1 is 1.31 bits per heavy atom. The van der Waals surface area contributed by atoms with Crippen molar-refractivity contribution >= 4 is 5.91 Å². The number of likely N-dealkylation sites (tertiary alicyclic amines) is 1. The highest BCUT2D eigenvalue weighted by molar-refractivity contribution is 5.94. The molecule has 5 nitrogen and oxygen atoms in total. The number of benzene rings is 1. The van der Waals surface area contributed by atoms with E-state index in [0.29, 0.717) is 26.3 Å². The number of rotatable bonds is 4. The molecule has 4 rings (SSSR count). The van der Waals surface area contributed by atoms with Gasteiger partial charge in [0.05, 0.1) is 37.0 Å². The average molecular weight is 356 g/mol. The Morgan fingerprint density at radius 2 is 2.12 bits per heavy atom. The first-order chi connectivity index (χ1) is 12.7. The molecule has 2 saturated heterocycles. The molecule has 26 heavy (non-hydrogen) atoms. The Kier molecular flexibility index (Phi) is 4.70. The molecule has 0 unspecified atom stereocenters. The van der Waals surface area contributed by atoms with Crippen LogP contribution in [0, 0.1) is 5.82 Å². The number of ether oxygens (including phenoxy) is 2. The van der Waals surface area contributed by atoms with Crippen LogP contribution in [0.3, 0.4) is 0 Å². The SMILES string of the molecule is O=C(c1ccccc1F)N1CC[C@]2(C[C@@H](OCc3ccncc3)CO2)C1. The summed E-state index contributed by atoms with van der Waals surface area (Å²) in [5.41, 5.74) is 0.820. The largest absolute Gasteiger partial charge is 0.371 e. The van der Waals surface area contributed by atoms with E-state index in [-0.39, 0.29) is 23.2 Å². The number of halogens is 1. The van der Waals surface area contributed by atoms with Crippen molar-refractivity contribution in [3.05, 3.63) is 65.7 Å². The average Bonchev–Trinajstić information content (AvgIpc) is 3.28. The number of pyridine rings is 1. The highest BCUT2D eigenvalue weighted by Gasteiger charge is 2.47. The maximum atomic E-state index is 13.9. The Bertz CT molecular complexity index is 786. The summed E-state index contributed by atoms with van der Waals surface area (Å²) < 4.78 is 25.9. The fourth-order valence-electron chi connectivity index (χ4n) is 3.71. The summed E-state index contributed by atoms with van der Waals surface area (Å²) in [4.78, 5) is 18.3. The first kappa shape index (κ1) is 17.1. The van der Waals surface area contributed by atoms with Gasteiger partial charge in [-0.1, -0.05) is 12.1 Å². The van der Waals surface area contributed by atoms with Crippen LogP contribution in [-0.2, 0) is 16.1 Å². The highest BCUT2D eigenvalue weighted by atomic mass is 19.1. The molecule has 2 aliphatic rings. The van der Waals surface area contributed by atoms with E-state index in [2.05, 4.69) is 4.98 Å². The fourth-order valence-corrected chi connectivity index (χ4v) is 3.71. The van der Waals surface area contributed by atoms with Crippen molar-refractivity contribution in [2.24, 2.45) is 0 Å². The minimum Gasteiger partial charge on any atom is -0.371 e. The number of aromatic nitrogens is 1. The number of carbonyl (C=O) groups excluding carboxylic acids is 1. The van der Waals surface area contributed by atoms with Crippen LogP contribution in [0.2, 0.25) is 0 Å². The first-order valence-corrected chi connectivity index (χ1v) is 8.83. The van der Waals surface area contributed by atoms with Crippen molar-refractivity contribution in [3.63, 3.8) is 0 Å². The van der Waals surface area contributed by atoms with Crippen LogP contribution in [-0.4, -0.2) is 47.2 Å². The molecular weight excluding hydrogens is 335 g/mol. The van der Waals surface area contributed by atoms with Crippen molar-refractivity contribution in [1.29, 1.82) is 0 Å². The van der Waals surface area contributed by atoms with E-state index in [1.54, 1.807) is 29.4 Å². The normalized spacial score (nSPS) is 25.1. The van der Waals surface area contributed by atoms with Crippen LogP contribution >= 0.6 is 0 Å². The summed E-state index contributed by atoms with van der Waals surface area (Å²) in [7, 11) is 0. The van der Waals surface area contributed by atoms with Gasteiger partial charge in [0.2, 0.25) is 0 Å². The molecule has 2 aromatic rings. The zero-order valence-electron chi connectivity index (χ0n) is 14.4. The number of amides is 1. The van der Waals surface area contributed by atoms with Crippen LogP contribution in [0.1, 0.15) is 28.8 Å². The van der Waals surface area contributed by atoms with E-state index in [1.165, 1.54) is 12.1 Å². The molecule has 2 fully saturated rings. The number of nitrogens with zero attached hydrogens (tertiary/aromatic N) is 2. The van der Waals surface area contributed by atoms with Crippen molar-refractivity contribution in [2.75, 3.05) is 19.7 Å². The second kappa shape index (κ2) is 7.13. The molecule has 1 spiro atoms. The molecule has 0 N–H and O–H groups in total. The Balaban J connectivity index is 1.35. The molecule has 6 heteroatoms. The smallest absolute Gasteiger partial charge is 0.256 e. The molecule has 1 aromatic carbocycles. The van der Waals surface area contributed by atoms with Crippen molar-refractivity contribution < 1.29 is 18.7 Å². The van der Waals surface area contributed by atoms with Gasteiger partial charge >= 0.3 is 0 Å². The summed E-state index contributed by atoms with van der Waals surface area (Å²) in [5, 5.41) is 0. The summed E-state index contributed by atoms with van der Waals surface area (Å²) in [5.74, 6) is -0.755. The lowest BCUT2D eigenvalue weighted by atomic mass is 9.98. The second-order valence-electron chi connectivity index (χ2n) is 6.94. The first-order valence-electron chi connectivity index (χ1n) is 8.83. The van der Waals surface area contributed by atoms with E-state index in [9.17, 15) is 9.18 Å². The van der Waals surface area contributed by atoms with Gasteiger partial charge in [0, 0.05) is 25.4 Å². The van der Waals surface area contributed by atoms with Gasteiger partial charge < -0.3 is 14.4 Å². The lowest BCUT2D eigenvalue weighted by Gasteiger charge is -2.23. The molecule has 3 heterocycles. The van der Waals surface area contributed by atoms with Crippen LogP contribution in [0.4, 0.5) is 4.39 Å². The molecule has 1 aromatic heterocycles. The Morgan fingerprint density at radius 3 is 2.92 bits per heavy atom. The van der Waals surface area contributed by atoms with Gasteiger partial charge in [-0.3, -0.25) is 9.78 Å². The van der Waals surface area contributed by atoms with Gasteiger partial charge in [-0.2, -0.15) is 0 Å². The minimum absolute atomic E-state index is 0.00618. The van der Waals surface area contributed by atoms with Crippen molar-refractivity contribution in [1.82, 2.24) is 9.88 Å². The molecule has 0 bridgehead atoms. The second-order valence-corrected chi connectivity index (χ2v) is 6.94. The van der Waals surface area contributed by atoms with Gasteiger partial charge in [0.15, 0.2) is 0 Å². The third-order valence-corrected chi connectivity index (χ3v) is 5.12. The van der Waals surface area contributed by atoms with E-state index < -0.39 is 5.82 Å². The van der Waals surface area contributed by atoms with Gasteiger partial charge in [-0.25, -0.2) is 4.39 Å². The predicted molar refractivity (Wildman–Crippen MR) is 93.0 cm³/mol. The molecule has 2 atom stereocenters. The monoisotopic (exact) mass is 356 g/mol. The van der Waals surface area contributed by atoms with Gasteiger partial charge in [0.1, 0.15) is 5.82 Å². The topological polar surface area (TPSA) is 51.7 Å². The lowest BCUT2D eigenvalue weighted by molar-refractivity contribution is 0.000245. The molecular formula is C20H21FN2O3. The maximum Gasteiger partial charge on any atom is 0.256 e. The number of carbonyl (C=O) groups is 1. The molecule has 0 aliphatic carbocycles. The minimum atomic E-state index is -0.482. The molecule has 1 amide bonds. The molecule has 136 valence electrons. The predicted octanol–water partition coefficient (Wildman–Crippen LogP) is 2.81. The maximum absolute atomic E-state index is 13.9. The number of hydrogen-bond acceptors (Lipinski definition) is 4. The quantitative estimate of drug-likeness (QED) is 0.845. The third kappa shape index (κ3) is 3.48. The van der Waals surface area contributed by atoms with Crippen molar-refractivity contribution in [2.45, 2.75) is 31.2 Å². The summed E-state index contributed by atoms with van der Waals surface area (Å²) in [6.07, 6.45) is 5.00. The lowest BCUT2D eigenvalue weighted by Crippen LogP contribution is -2.36. The zero-order valence-corrected chi connectivity index (χ0v) is 14.4. The van der Waals surface area contributed by atoms with E-state index in [1.807, 2.05) is 12.1 Å². The van der Waals surface area contributed by atoms with Crippen LogP contribution in [0.5, 0.6) is 0 Å². The Hall–Kier alpha value is -2.31.